The van der Waals surface area contributed by atoms with Gasteiger partial charge in [-0.25, -0.2) is 0 Å². The van der Waals surface area contributed by atoms with E-state index in [4.69, 9.17) is 0 Å². The summed E-state index contributed by atoms with van der Waals surface area (Å²) in [5, 5.41) is 12.7. The summed E-state index contributed by atoms with van der Waals surface area (Å²) in [6.07, 6.45) is 2.51. The summed E-state index contributed by atoms with van der Waals surface area (Å²) >= 11 is 7.02. The minimum absolute atomic E-state index is 0.213. The summed E-state index contributed by atoms with van der Waals surface area (Å²) < 4.78 is 2.15. The van der Waals surface area contributed by atoms with E-state index in [2.05, 4.69) is 60.3 Å². The van der Waals surface area contributed by atoms with Crippen LogP contribution in [0, 0.1) is 0 Å². The summed E-state index contributed by atoms with van der Waals surface area (Å²) in [6.45, 7) is 3.95. The average molecular weight is 392 g/mol. The van der Waals surface area contributed by atoms with Gasteiger partial charge in [0.25, 0.3) is 0 Å². The van der Waals surface area contributed by atoms with Crippen LogP contribution >= 0.6 is 31.9 Å². The molecule has 106 valence electrons. The molecule has 0 aromatic heterocycles. The van der Waals surface area contributed by atoms with Gasteiger partial charge in [-0.1, -0.05) is 6.07 Å². The third-order valence-corrected chi connectivity index (χ3v) is 5.33. The summed E-state index contributed by atoms with van der Waals surface area (Å²) in [4.78, 5) is 2.32. The van der Waals surface area contributed by atoms with E-state index in [-0.39, 0.29) is 6.61 Å². The zero-order chi connectivity index (χ0) is 13.7. The molecule has 1 aliphatic heterocycles. The van der Waals surface area contributed by atoms with Gasteiger partial charge < -0.3 is 10.4 Å². The Bertz CT molecular complexity index is 408. The van der Waals surface area contributed by atoms with Gasteiger partial charge in [0.15, 0.2) is 0 Å². The first-order valence-electron chi connectivity index (χ1n) is 6.69. The average Bonchev–Trinajstić information content (AvgIpc) is 2.87. The zero-order valence-corrected chi connectivity index (χ0v) is 14.1. The van der Waals surface area contributed by atoms with Crippen LogP contribution in [0.1, 0.15) is 18.4 Å². The molecule has 0 bridgehead atoms. The fourth-order valence-corrected chi connectivity index (χ4v) is 3.17. The molecular weight excluding hydrogens is 372 g/mol. The van der Waals surface area contributed by atoms with Crippen molar-refractivity contribution in [3.8, 4) is 0 Å². The van der Waals surface area contributed by atoms with Crippen molar-refractivity contribution < 1.29 is 5.11 Å². The smallest absolute Gasteiger partial charge is 0.0558 e. The maximum absolute atomic E-state index is 9.21. The van der Waals surface area contributed by atoms with Crippen LogP contribution in [0.15, 0.2) is 27.1 Å². The minimum Gasteiger partial charge on any atom is -0.395 e. The number of benzene rings is 1. The molecule has 3 nitrogen and oxygen atoms in total. The third kappa shape index (κ3) is 4.83. The molecular formula is C14H20Br2N2O. The van der Waals surface area contributed by atoms with Crippen molar-refractivity contribution in [2.45, 2.75) is 25.4 Å². The van der Waals surface area contributed by atoms with E-state index in [1.165, 1.54) is 18.4 Å². The zero-order valence-electron chi connectivity index (χ0n) is 10.9. The second-order valence-electron chi connectivity index (χ2n) is 5.00. The highest BCUT2D eigenvalue weighted by molar-refractivity contribution is 9.13. The molecule has 1 fully saturated rings. The quantitative estimate of drug-likeness (QED) is 0.782. The fraction of sp³-hybridized carbons (Fsp3) is 0.571. The maximum atomic E-state index is 9.21. The lowest BCUT2D eigenvalue weighted by atomic mass is 10.1. The van der Waals surface area contributed by atoms with Crippen molar-refractivity contribution in [2.24, 2.45) is 0 Å². The van der Waals surface area contributed by atoms with Gasteiger partial charge in [-0.05, 0) is 68.9 Å². The molecule has 2 N–H and O–H groups in total. The highest BCUT2D eigenvalue weighted by atomic mass is 79.9. The monoisotopic (exact) mass is 390 g/mol. The van der Waals surface area contributed by atoms with E-state index in [0.29, 0.717) is 6.04 Å². The van der Waals surface area contributed by atoms with Crippen molar-refractivity contribution in [1.29, 1.82) is 0 Å². The normalized spacial score (nSPS) is 19.3. The summed E-state index contributed by atoms with van der Waals surface area (Å²) in [7, 11) is 0. The minimum atomic E-state index is 0.213. The standard InChI is InChI=1S/C14H20Br2N2O/c15-13-4-3-11(8-14(13)16)9-18(6-7-19)10-12-2-1-5-17-12/h3-4,8,12,17,19H,1-2,5-7,9-10H2. The Morgan fingerprint density at radius 1 is 1.32 bits per heavy atom. The largest absolute Gasteiger partial charge is 0.395 e. The van der Waals surface area contributed by atoms with E-state index in [9.17, 15) is 5.11 Å². The van der Waals surface area contributed by atoms with Crippen molar-refractivity contribution in [2.75, 3.05) is 26.2 Å². The van der Waals surface area contributed by atoms with Crippen LogP contribution in [0.25, 0.3) is 0 Å². The lowest BCUT2D eigenvalue weighted by Gasteiger charge is -2.25. The van der Waals surface area contributed by atoms with Crippen LogP contribution in [0.2, 0.25) is 0 Å². The molecule has 1 atom stereocenters. The number of hydrogen-bond acceptors (Lipinski definition) is 3. The van der Waals surface area contributed by atoms with Crippen LogP contribution in [-0.2, 0) is 6.54 Å². The van der Waals surface area contributed by atoms with Gasteiger partial charge in [0.1, 0.15) is 0 Å². The fourth-order valence-electron chi connectivity index (χ4n) is 2.50. The number of nitrogens with one attached hydrogen (secondary N) is 1. The molecule has 1 heterocycles. The molecule has 0 radical (unpaired) electrons. The molecule has 0 spiro atoms. The molecule has 0 amide bonds. The predicted molar refractivity (Wildman–Crippen MR) is 85.2 cm³/mol. The van der Waals surface area contributed by atoms with Crippen molar-refractivity contribution in [1.82, 2.24) is 10.2 Å². The summed E-state index contributed by atoms with van der Waals surface area (Å²) in [5.74, 6) is 0. The van der Waals surface area contributed by atoms with Crippen LogP contribution in [0.5, 0.6) is 0 Å². The first kappa shape index (κ1) is 15.4. The SMILES string of the molecule is OCCN(Cc1ccc(Br)c(Br)c1)CC1CCCN1. The first-order valence-corrected chi connectivity index (χ1v) is 8.28. The van der Waals surface area contributed by atoms with Gasteiger partial charge in [-0.3, -0.25) is 4.90 Å². The molecule has 5 heteroatoms. The van der Waals surface area contributed by atoms with Gasteiger partial charge in [0, 0.05) is 34.6 Å². The predicted octanol–water partition coefficient (Wildman–Crippen LogP) is 2.76. The number of nitrogens with zero attached hydrogens (tertiary/aromatic N) is 1. The first-order chi connectivity index (χ1) is 9.19. The molecule has 1 unspecified atom stereocenters. The van der Waals surface area contributed by atoms with E-state index >= 15 is 0 Å². The Morgan fingerprint density at radius 3 is 2.79 bits per heavy atom. The Balaban J connectivity index is 1.96. The maximum Gasteiger partial charge on any atom is 0.0558 e. The lowest BCUT2D eigenvalue weighted by Crippen LogP contribution is -2.38. The Kier molecular flexibility index (Phi) is 6.29. The van der Waals surface area contributed by atoms with Gasteiger partial charge in [0.05, 0.1) is 6.61 Å². The van der Waals surface area contributed by atoms with Crippen LogP contribution < -0.4 is 5.32 Å². The van der Waals surface area contributed by atoms with Gasteiger partial charge in [-0.15, -0.1) is 0 Å². The second kappa shape index (κ2) is 7.74. The van der Waals surface area contributed by atoms with Gasteiger partial charge in [-0.2, -0.15) is 0 Å². The summed E-state index contributed by atoms with van der Waals surface area (Å²) in [6, 6.07) is 6.90. The molecule has 2 rings (SSSR count). The molecule has 1 saturated heterocycles. The molecule has 1 aromatic carbocycles. The van der Waals surface area contributed by atoms with E-state index in [0.717, 1.165) is 35.1 Å². The van der Waals surface area contributed by atoms with E-state index in [1.807, 2.05) is 0 Å². The van der Waals surface area contributed by atoms with Crippen LogP contribution in [0.3, 0.4) is 0 Å². The van der Waals surface area contributed by atoms with Crippen molar-refractivity contribution >= 4 is 31.9 Å². The third-order valence-electron chi connectivity index (χ3n) is 3.45. The number of halogens is 2. The highest BCUT2D eigenvalue weighted by Crippen LogP contribution is 2.24. The molecule has 1 aliphatic rings. The number of aliphatic hydroxyl groups excluding tert-OH is 1. The highest BCUT2D eigenvalue weighted by Gasteiger charge is 2.17. The Labute approximate surface area is 131 Å². The number of aliphatic hydroxyl groups is 1. The van der Waals surface area contributed by atoms with Crippen LogP contribution in [0.4, 0.5) is 0 Å². The van der Waals surface area contributed by atoms with Crippen molar-refractivity contribution in [3.63, 3.8) is 0 Å². The van der Waals surface area contributed by atoms with E-state index < -0.39 is 0 Å². The van der Waals surface area contributed by atoms with Crippen molar-refractivity contribution in [3.05, 3.63) is 32.7 Å². The number of rotatable bonds is 6. The van der Waals surface area contributed by atoms with Gasteiger partial charge >= 0.3 is 0 Å². The second-order valence-corrected chi connectivity index (χ2v) is 6.71. The Hall–Kier alpha value is 0.0600. The molecule has 1 aromatic rings. The summed E-state index contributed by atoms with van der Waals surface area (Å²) in [5.41, 5.74) is 1.27. The topological polar surface area (TPSA) is 35.5 Å². The molecule has 0 aliphatic carbocycles. The van der Waals surface area contributed by atoms with Crippen LogP contribution in [-0.4, -0.2) is 42.3 Å². The molecule has 19 heavy (non-hydrogen) atoms. The van der Waals surface area contributed by atoms with E-state index in [1.54, 1.807) is 0 Å². The Morgan fingerprint density at radius 2 is 2.16 bits per heavy atom. The van der Waals surface area contributed by atoms with Gasteiger partial charge in [0.2, 0.25) is 0 Å². The number of hydrogen-bond donors (Lipinski definition) is 2. The lowest BCUT2D eigenvalue weighted by molar-refractivity contribution is 0.179. The molecule has 0 saturated carbocycles.